The summed E-state index contributed by atoms with van der Waals surface area (Å²) in [5, 5.41) is 13.0. The lowest BCUT2D eigenvalue weighted by Crippen LogP contribution is -2.32. The second-order valence-corrected chi connectivity index (χ2v) is 4.98. The Hall–Kier alpha value is -2.31. The van der Waals surface area contributed by atoms with Crippen LogP contribution in [0, 0.1) is 29.9 Å². The zero-order valence-corrected chi connectivity index (χ0v) is 11.9. The normalized spacial score (nSPS) is 10.4. The van der Waals surface area contributed by atoms with Crippen LogP contribution in [0.1, 0.15) is 41.8 Å². The van der Waals surface area contributed by atoms with Crippen molar-refractivity contribution in [2.75, 3.05) is 0 Å². The lowest BCUT2D eigenvalue weighted by Gasteiger charge is -2.08. The molecule has 20 heavy (non-hydrogen) atoms. The highest BCUT2D eigenvalue weighted by Crippen LogP contribution is 2.20. The number of carbonyl (C=O) groups excluding carboxylic acids is 2. The van der Waals surface area contributed by atoms with E-state index in [4.69, 9.17) is 0 Å². The first-order valence-corrected chi connectivity index (χ1v) is 6.18. The summed E-state index contributed by atoms with van der Waals surface area (Å²) in [6, 6.07) is 0. The van der Waals surface area contributed by atoms with Gasteiger partial charge in [0.1, 0.15) is 0 Å². The molecule has 0 saturated carbocycles. The standard InChI is InChI=1S/C13H17N3O4/c1-7(2)5-11(17)15-13(18)10-6-14-12(16(19)20)9(4)8(10)3/h6-7H,5H2,1-4H3,(H,15,17,18). The molecule has 7 nitrogen and oxygen atoms in total. The van der Waals surface area contributed by atoms with Crippen LogP contribution < -0.4 is 5.32 Å². The van der Waals surface area contributed by atoms with Gasteiger partial charge in [0, 0.05) is 6.42 Å². The van der Waals surface area contributed by atoms with Gasteiger partial charge >= 0.3 is 5.82 Å². The maximum Gasteiger partial charge on any atom is 0.366 e. The van der Waals surface area contributed by atoms with E-state index < -0.39 is 10.8 Å². The van der Waals surface area contributed by atoms with Gasteiger partial charge in [0.2, 0.25) is 5.91 Å². The van der Waals surface area contributed by atoms with Crippen LogP contribution in [0.25, 0.3) is 0 Å². The van der Waals surface area contributed by atoms with Crippen LogP contribution in [0.5, 0.6) is 0 Å². The lowest BCUT2D eigenvalue weighted by molar-refractivity contribution is -0.390. The predicted molar refractivity (Wildman–Crippen MR) is 72.3 cm³/mol. The summed E-state index contributed by atoms with van der Waals surface area (Å²) < 4.78 is 0. The number of imide groups is 1. The van der Waals surface area contributed by atoms with Gasteiger partial charge in [-0.2, -0.15) is 0 Å². The van der Waals surface area contributed by atoms with Crippen molar-refractivity contribution < 1.29 is 14.5 Å². The Kier molecular flexibility index (Phi) is 4.90. The van der Waals surface area contributed by atoms with Gasteiger partial charge in [-0.3, -0.25) is 14.9 Å². The van der Waals surface area contributed by atoms with Crippen LogP contribution >= 0.6 is 0 Å². The molecule has 0 aromatic carbocycles. The third-order valence-corrected chi connectivity index (χ3v) is 2.88. The maximum atomic E-state index is 11.9. The summed E-state index contributed by atoms with van der Waals surface area (Å²) >= 11 is 0. The summed E-state index contributed by atoms with van der Waals surface area (Å²) in [5.74, 6) is -1.10. The largest absolute Gasteiger partial charge is 0.366 e. The van der Waals surface area contributed by atoms with E-state index in [0.717, 1.165) is 6.20 Å². The first-order chi connectivity index (χ1) is 9.23. The Morgan fingerprint density at radius 3 is 2.45 bits per heavy atom. The van der Waals surface area contributed by atoms with E-state index in [0.29, 0.717) is 11.1 Å². The number of carbonyl (C=O) groups is 2. The smallest absolute Gasteiger partial charge is 0.358 e. The van der Waals surface area contributed by atoms with Crippen molar-refractivity contribution in [3.05, 3.63) is 33.0 Å². The number of aromatic nitrogens is 1. The molecule has 0 radical (unpaired) electrons. The predicted octanol–water partition coefficient (Wildman–Crippen LogP) is 1.91. The molecule has 0 spiro atoms. The molecule has 1 aromatic rings. The van der Waals surface area contributed by atoms with Gasteiger partial charge in [0.05, 0.1) is 11.1 Å². The van der Waals surface area contributed by atoms with Crippen LogP contribution in [-0.4, -0.2) is 21.7 Å². The highest BCUT2D eigenvalue weighted by molar-refractivity contribution is 6.05. The fraction of sp³-hybridized carbons (Fsp3) is 0.462. The first-order valence-electron chi connectivity index (χ1n) is 6.18. The summed E-state index contributed by atoms with van der Waals surface area (Å²) in [7, 11) is 0. The number of rotatable bonds is 4. The lowest BCUT2D eigenvalue weighted by atomic mass is 10.1. The molecule has 1 aromatic heterocycles. The van der Waals surface area contributed by atoms with Gasteiger partial charge in [-0.15, -0.1) is 0 Å². The molecule has 0 aliphatic rings. The Morgan fingerprint density at radius 2 is 1.95 bits per heavy atom. The van der Waals surface area contributed by atoms with Gasteiger partial charge in [-0.25, -0.2) is 0 Å². The molecule has 0 fully saturated rings. The third-order valence-electron chi connectivity index (χ3n) is 2.88. The molecule has 2 amide bonds. The molecule has 0 aliphatic carbocycles. The summed E-state index contributed by atoms with van der Waals surface area (Å²) in [5.41, 5.74) is 0.936. The number of hydrogen-bond acceptors (Lipinski definition) is 5. The van der Waals surface area contributed by atoms with E-state index in [9.17, 15) is 19.7 Å². The summed E-state index contributed by atoms with van der Waals surface area (Å²) in [6.45, 7) is 6.85. The molecule has 1 rings (SSSR count). The molecule has 0 aliphatic heterocycles. The van der Waals surface area contributed by atoms with Crippen molar-refractivity contribution in [1.82, 2.24) is 10.3 Å². The molecule has 0 saturated heterocycles. The molecular formula is C13H17N3O4. The fourth-order valence-electron chi connectivity index (χ4n) is 1.72. The van der Waals surface area contributed by atoms with Crippen LogP contribution in [0.2, 0.25) is 0 Å². The van der Waals surface area contributed by atoms with Crippen LogP contribution in [-0.2, 0) is 4.79 Å². The maximum absolute atomic E-state index is 11.9. The fourth-order valence-corrected chi connectivity index (χ4v) is 1.72. The van der Waals surface area contributed by atoms with Crippen molar-refractivity contribution in [1.29, 1.82) is 0 Å². The van der Waals surface area contributed by atoms with Gasteiger partial charge < -0.3 is 10.1 Å². The highest BCUT2D eigenvalue weighted by atomic mass is 16.6. The van der Waals surface area contributed by atoms with Crippen LogP contribution in [0.3, 0.4) is 0 Å². The third kappa shape index (κ3) is 3.59. The Bertz CT molecular complexity index is 567. The van der Waals surface area contributed by atoms with E-state index in [-0.39, 0.29) is 29.6 Å². The Labute approximate surface area is 116 Å². The SMILES string of the molecule is Cc1c(C(=O)NC(=O)CC(C)C)cnc([N+](=O)[O-])c1C. The zero-order valence-electron chi connectivity index (χ0n) is 11.9. The average Bonchev–Trinajstić information content (AvgIpc) is 2.30. The van der Waals surface area contributed by atoms with Crippen molar-refractivity contribution in [2.45, 2.75) is 34.1 Å². The van der Waals surface area contributed by atoms with E-state index in [1.54, 1.807) is 6.92 Å². The molecule has 1 N–H and O–H groups in total. The number of pyridine rings is 1. The van der Waals surface area contributed by atoms with Gasteiger partial charge in [-0.1, -0.05) is 13.8 Å². The van der Waals surface area contributed by atoms with Gasteiger partial charge in [0.15, 0.2) is 6.20 Å². The molecule has 7 heteroatoms. The number of nitrogens with one attached hydrogen (secondary N) is 1. The van der Waals surface area contributed by atoms with E-state index >= 15 is 0 Å². The Balaban J connectivity index is 2.98. The minimum Gasteiger partial charge on any atom is -0.358 e. The van der Waals surface area contributed by atoms with Crippen molar-refractivity contribution >= 4 is 17.6 Å². The van der Waals surface area contributed by atoms with Gasteiger partial charge in [-0.05, 0) is 35.2 Å². The molecule has 0 unspecified atom stereocenters. The van der Waals surface area contributed by atoms with Crippen molar-refractivity contribution in [3.8, 4) is 0 Å². The van der Waals surface area contributed by atoms with Crippen molar-refractivity contribution in [2.24, 2.45) is 5.92 Å². The Morgan fingerprint density at radius 1 is 1.35 bits per heavy atom. The number of amides is 2. The molecule has 0 bridgehead atoms. The highest BCUT2D eigenvalue weighted by Gasteiger charge is 2.22. The zero-order chi connectivity index (χ0) is 15.4. The second-order valence-electron chi connectivity index (χ2n) is 4.98. The number of nitro groups is 1. The van der Waals surface area contributed by atoms with Crippen molar-refractivity contribution in [3.63, 3.8) is 0 Å². The summed E-state index contributed by atoms with van der Waals surface area (Å²) in [6.07, 6.45) is 1.36. The molecule has 0 atom stereocenters. The topological polar surface area (TPSA) is 102 Å². The van der Waals surface area contributed by atoms with Crippen LogP contribution in [0.15, 0.2) is 6.20 Å². The monoisotopic (exact) mass is 279 g/mol. The van der Waals surface area contributed by atoms with Crippen LogP contribution in [0.4, 0.5) is 5.82 Å². The molecular weight excluding hydrogens is 262 g/mol. The number of hydrogen-bond donors (Lipinski definition) is 1. The molecule has 1 heterocycles. The van der Waals surface area contributed by atoms with Gasteiger partial charge in [0.25, 0.3) is 5.91 Å². The first kappa shape index (κ1) is 15.7. The van der Waals surface area contributed by atoms with E-state index in [1.807, 2.05) is 13.8 Å². The molecule has 108 valence electrons. The van der Waals surface area contributed by atoms with E-state index in [1.165, 1.54) is 6.92 Å². The minimum atomic E-state index is -0.603. The number of nitrogens with zero attached hydrogens (tertiary/aromatic N) is 2. The second kappa shape index (κ2) is 6.23. The summed E-state index contributed by atoms with van der Waals surface area (Å²) in [4.78, 5) is 37.3. The average molecular weight is 279 g/mol. The minimum absolute atomic E-state index is 0.139. The quantitative estimate of drug-likeness (QED) is 0.670. The van der Waals surface area contributed by atoms with E-state index in [2.05, 4.69) is 10.3 Å².